The highest BCUT2D eigenvalue weighted by Crippen LogP contribution is 2.40. The predicted octanol–water partition coefficient (Wildman–Crippen LogP) is 3.61. The van der Waals surface area contributed by atoms with E-state index < -0.39 is 17.7 Å². The third-order valence-electron chi connectivity index (χ3n) is 4.26. The summed E-state index contributed by atoms with van der Waals surface area (Å²) in [5.74, 6) is 0.0531. The van der Waals surface area contributed by atoms with Crippen LogP contribution in [0.4, 0.5) is 0 Å². The number of carbonyl (C=O) groups is 2. The molecule has 1 aliphatic rings. The smallest absolute Gasteiger partial charge is 0.263 e. The Morgan fingerprint density at radius 2 is 2.04 bits per heavy atom. The monoisotopic (exact) mass is 379 g/mol. The molecule has 2 aromatic rings. The summed E-state index contributed by atoms with van der Waals surface area (Å²) in [6.45, 7) is 4.96. The third kappa shape index (κ3) is 3.29. The lowest BCUT2D eigenvalue weighted by Crippen LogP contribution is -2.53. The highest BCUT2D eigenvalue weighted by atomic mass is 35.5. The van der Waals surface area contributed by atoms with E-state index in [0.29, 0.717) is 26.8 Å². The number of halogens is 1. The van der Waals surface area contributed by atoms with Crippen LogP contribution in [-0.2, 0) is 0 Å². The molecule has 3 rings (SSSR count). The van der Waals surface area contributed by atoms with E-state index in [4.69, 9.17) is 16.3 Å². The largest absolute Gasteiger partial charge is 0.485 e. The number of nitrogens with one attached hydrogen (secondary N) is 1. The van der Waals surface area contributed by atoms with Crippen molar-refractivity contribution in [3.8, 4) is 5.75 Å². The molecule has 0 saturated carbocycles. The van der Waals surface area contributed by atoms with Gasteiger partial charge in [0, 0.05) is 11.1 Å². The van der Waals surface area contributed by atoms with Gasteiger partial charge in [0.15, 0.2) is 5.78 Å². The van der Waals surface area contributed by atoms with Crippen molar-refractivity contribution < 1.29 is 19.4 Å². The molecule has 0 saturated heterocycles. The van der Waals surface area contributed by atoms with Crippen LogP contribution in [0.2, 0.25) is 5.02 Å². The van der Waals surface area contributed by atoms with Crippen LogP contribution in [-0.4, -0.2) is 28.5 Å². The maximum atomic E-state index is 12.6. The van der Waals surface area contributed by atoms with Crippen molar-refractivity contribution in [1.29, 1.82) is 0 Å². The van der Waals surface area contributed by atoms with Gasteiger partial charge in [-0.05, 0) is 50.4 Å². The molecule has 2 atom stereocenters. The molecule has 1 aromatic carbocycles. The Hall–Kier alpha value is -1.89. The van der Waals surface area contributed by atoms with Gasteiger partial charge >= 0.3 is 0 Å². The minimum absolute atomic E-state index is 0.103. The van der Waals surface area contributed by atoms with Gasteiger partial charge in [-0.1, -0.05) is 11.6 Å². The summed E-state index contributed by atoms with van der Waals surface area (Å²) in [6.07, 6.45) is -0.995. The minimum Gasteiger partial charge on any atom is -0.485 e. The van der Waals surface area contributed by atoms with Crippen LogP contribution in [0.1, 0.15) is 52.4 Å². The van der Waals surface area contributed by atoms with E-state index in [9.17, 15) is 14.7 Å². The van der Waals surface area contributed by atoms with Crippen molar-refractivity contribution in [3.63, 3.8) is 0 Å². The number of rotatable bonds is 3. The summed E-state index contributed by atoms with van der Waals surface area (Å²) >= 11 is 7.26. The minimum atomic E-state index is -0.995. The SMILES string of the molecule is CC(=O)c1ccc2c(c1)[C@H](NC(=O)c1sccc1Cl)[C@@H](O)C(C)(C)O2. The molecule has 2 heterocycles. The molecule has 0 aliphatic carbocycles. The van der Waals surface area contributed by atoms with Crippen LogP contribution >= 0.6 is 22.9 Å². The van der Waals surface area contributed by atoms with Gasteiger partial charge in [0.2, 0.25) is 0 Å². The zero-order valence-electron chi connectivity index (χ0n) is 14.0. The van der Waals surface area contributed by atoms with Crippen molar-refractivity contribution >= 4 is 34.6 Å². The quantitative estimate of drug-likeness (QED) is 0.799. The standard InChI is InChI=1S/C18H18ClNO4S/c1-9(21)10-4-5-13-11(8-10)14(16(22)18(2,3)24-13)20-17(23)15-12(19)6-7-25-15/h4-8,14,16,22H,1-3H3,(H,20,23)/t14-,16+/m0/s1. The number of hydrogen-bond acceptors (Lipinski definition) is 5. The molecule has 132 valence electrons. The fourth-order valence-corrected chi connectivity index (χ4v) is 3.88. The molecule has 0 unspecified atom stereocenters. The van der Waals surface area contributed by atoms with Crippen LogP contribution in [0.5, 0.6) is 5.75 Å². The zero-order chi connectivity index (χ0) is 18.4. The lowest BCUT2D eigenvalue weighted by Gasteiger charge is -2.42. The molecule has 1 aromatic heterocycles. The molecule has 0 fully saturated rings. The Morgan fingerprint density at radius 3 is 2.64 bits per heavy atom. The Balaban J connectivity index is 2.02. The van der Waals surface area contributed by atoms with Crippen LogP contribution in [0.3, 0.4) is 0 Å². The Bertz CT molecular complexity index is 845. The van der Waals surface area contributed by atoms with E-state index in [1.54, 1.807) is 43.5 Å². The van der Waals surface area contributed by atoms with Crippen LogP contribution < -0.4 is 10.1 Å². The summed E-state index contributed by atoms with van der Waals surface area (Å²) in [4.78, 5) is 24.6. The van der Waals surface area contributed by atoms with Gasteiger partial charge in [0.25, 0.3) is 5.91 Å². The first-order valence-electron chi connectivity index (χ1n) is 7.76. The number of aliphatic hydroxyl groups is 1. The summed E-state index contributed by atoms with van der Waals surface area (Å²) < 4.78 is 5.86. The average molecular weight is 380 g/mol. The molecule has 0 spiro atoms. The summed E-state index contributed by atoms with van der Waals surface area (Å²) in [7, 11) is 0. The van der Waals surface area contributed by atoms with E-state index in [-0.39, 0.29) is 11.7 Å². The second-order valence-electron chi connectivity index (χ2n) is 6.51. The Kier molecular flexibility index (Phi) is 4.62. The summed E-state index contributed by atoms with van der Waals surface area (Å²) in [5.41, 5.74) is 0.158. The molecule has 1 amide bonds. The zero-order valence-corrected chi connectivity index (χ0v) is 15.6. The molecule has 2 N–H and O–H groups in total. The highest BCUT2D eigenvalue weighted by Gasteiger charge is 2.44. The van der Waals surface area contributed by atoms with Crippen molar-refractivity contribution in [2.75, 3.05) is 0 Å². The molecule has 25 heavy (non-hydrogen) atoms. The van der Waals surface area contributed by atoms with Crippen molar-refractivity contribution in [2.45, 2.75) is 38.5 Å². The van der Waals surface area contributed by atoms with Crippen LogP contribution in [0.15, 0.2) is 29.6 Å². The van der Waals surface area contributed by atoms with Crippen LogP contribution in [0.25, 0.3) is 0 Å². The number of ketones is 1. The van der Waals surface area contributed by atoms with E-state index >= 15 is 0 Å². The summed E-state index contributed by atoms with van der Waals surface area (Å²) in [5, 5.41) is 15.7. The van der Waals surface area contributed by atoms with Crippen molar-refractivity contribution in [2.24, 2.45) is 0 Å². The average Bonchev–Trinajstić information content (AvgIpc) is 2.97. The topological polar surface area (TPSA) is 75.6 Å². The molecular formula is C18H18ClNO4S. The van der Waals surface area contributed by atoms with E-state index in [0.717, 1.165) is 0 Å². The molecule has 0 bridgehead atoms. The molecule has 0 radical (unpaired) electrons. The number of Topliss-reactive ketones (excluding diaryl/α,β-unsaturated/α-hetero) is 1. The van der Waals surface area contributed by atoms with E-state index in [2.05, 4.69) is 5.32 Å². The first kappa shape index (κ1) is 17.9. The second-order valence-corrected chi connectivity index (χ2v) is 7.83. The van der Waals surface area contributed by atoms with Gasteiger partial charge in [-0.2, -0.15) is 0 Å². The normalized spacial score (nSPS) is 21.2. The number of benzene rings is 1. The Labute approximate surface area is 154 Å². The van der Waals surface area contributed by atoms with Gasteiger partial charge in [0.1, 0.15) is 22.3 Å². The number of hydrogen-bond donors (Lipinski definition) is 2. The maximum absolute atomic E-state index is 12.6. The number of amides is 1. The third-order valence-corrected chi connectivity index (χ3v) is 5.60. The fraction of sp³-hybridized carbons (Fsp3) is 0.333. The van der Waals surface area contributed by atoms with E-state index in [1.165, 1.54) is 18.3 Å². The summed E-state index contributed by atoms with van der Waals surface area (Å²) in [6, 6.07) is 5.94. The van der Waals surface area contributed by atoms with Crippen LogP contribution in [0, 0.1) is 0 Å². The number of ether oxygens (including phenoxy) is 1. The van der Waals surface area contributed by atoms with Gasteiger partial charge < -0.3 is 15.2 Å². The number of fused-ring (bicyclic) bond motifs is 1. The van der Waals surface area contributed by atoms with Gasteiger partial charge in [0.05, 0.1) is 11.1 Å². The van der Waals surface area contributed by atoms with Gasteiger partial charge in [-0.15, -0.1) is 11.3 Å². The lowest BCUT2D eigenvalue weighted by molar-refractivity contribution is -0.0627. The predicted molar refractivity (Wildman–Crippen MR) is 96.7 cm³/mol. The maximum Gasteiger partial charge on any atom is 0.263 e. The van der Waals surface area contributed by atoms with Gasteiger partial charge in [-0.25, -0.2) is 0 Å². The molecular weight excluding hydrogens is 362 g/mol. The second kappa shape index (κ2) is 6.44. The lowest BCUT2D eigenvalue weighted by atomic mass is 9.85. The molecule has 7 heteroatoms. The molecule has 5 nitrogen and oxygen atoms in total. The first-order chi connectivity index (χ1) is 11.7. The van der Waals surface area contributed by atoms with Crippen molar-refractivity contribution in [3.05, 3.63) is 50.7 Å². The highest BCUT2D eigenvalue weighted by molar-refractivity contribution is 7.12. The number of aliphatic hydroxyl groups excluding tert-OH is 1. The number of thiophene rings is 1. The van der Waals surface area contributed by atoms with Crippen molar-refractivity contribution in [1.82, 2.24) is 5.32 Å². The van der Waals surface area contributed by atoms with Gasteiger partial charge in [-0.3, -0.25) is 9.59 Å². The Morgan fingerprint density at radius 1 is 1.32 bits per heavy atom. The fourth-order valence-electron chi connectivity index (χ4n) is 2.84. The number of carbonyl (C=O) groups excluding carboxylic acids is 2. The first-order valence-corrected chi connectivity index (χ1v) is 9.02. The van der Waals surface area contributed by atoms with E-state index in [1.807, 2.05) is 0 Å². The molecule has 1 aliphatic heterocycles.